The molecule has 0 spiro atoms. The number of rotatable bonds is 1. The fraction of sp³-hybridized carbons (Fsp3) is 0. The van der Waals surface area contributed by atoms with Crippen LogP contribution >= 0.6 is 15.9 Å². The lowest BCUT2D eigenvalue weighted by Crippen LogP contribution is -1.84. The second-order valence-corrected chi connectivity index (χ2v) is 3.10. The van der Waals surface area contributed by atoms with Crippen molar-refractivity contribution in [1.29, 1.82) is 0 Å². The van der Waals surface area contributed by atoms with Crippen LogP contribution in [-0.2, 0) is 0 Å². The molecule has 0 aliphatic heterocycles. The Morgan fingerprint density at radius 1 is 1.33 bits per heavy atom. The van der Waals surface area contributed by atoms with Gasteiger partial charge in [-0.15, -0.1) is 0 Å². The lowest BCUT2D eigenvalue weighted by Gasteiger charge is -1.94. The predicted molar refractivity (Wildman–Crippen MR) is 49.5 cm³/mol. The average molecular weight is 224 g/mol. The first-order chi connectivity index (χ1) is 5.86. The van der Waals surface area contributed by atoms with Crippen LogP contribution in [-0.4, -0.2) is 15.0 Å². The third-order valence-electron chi connectivity index (χ3n) is 1.46. The van der Waals surface area contributed by atoms with E-state index in [9.17, 15) is 0 Å². The van der Waals surface area contributed by atoms with Gasteiger partial charge in [0.05, 0.1) is 0 Å². The summed E-state index contributed by atoms with van der Waals surface area (Å²) in [6.07, 6.45) is 3.48. The number of H-pyrrole nitrogens is 1. The minimum absolute atomic E-state index is 0.788. The molecule has 0 aliphatic carbocycles. The fourth-order valence-electron chi connectivity index (χ4n) is 0.946. The monoisotopic (exact) mass is 223 g/mol. The van der Waals surface area contributed by atoms with Crippen LogP contribution in [0, 0.1) is 0 Å². The molecule has 0 saturated heterocycles. The summed E-state index contributed by atoms with van der Waals surface area (Å²) < 4.78 is 0.816. The molecule has 4 heteroatoms. The second kappa shape index (κ2) is 3.06. The van der Waals surface area contributed by atoms with Gasteiger partial charge < -0.3 is 4.98 Å². The van der Waals surface area contributed by atoms with Gasteiger partial charge in [0.2, 0.25) is 0 Å². The number of halogens is 1. The van der Waals surface area contributed by atoms with Crippen LogP contribution in [0.3, 0.4) is 0 Å². The Hall–Kier alpha value is -1.16. The van der Waals surface area contributed by atoms with Crippen molar-refractivity contribution in [1.82, 2.24) is 15.0 Å². The minimum Gasteiger partial charge on any atom is -0.343 e. The van der Waals surface area contributed by atoms with Crippen LogP contribution in [0.2, 0.25) is 0 Å². The van der Waals surface area contributed by atoms with Gasteiger partial charge in [-0.2, -0.15) is 0 Å². The van der Waals surface area contributed by atoms with E-state index in [1.54, 1.807) is 12.4 Å². The standard InChI is InChI=1S/C8H6BrN3/c9-7-3-1-2-6(12-7)8-10-4-5-11-8/h1-5H,(H,10,11). The maximum absolute atomic E-state index is 4.24. The Bertz CT molecular complexity index is 370. The van der Waals surface area contributed by atoms with Crippen molar-refractivity contribution in [3.8, 4) is 11.5 Å². The number of nitrogens with one attached hydrogen (secondary N) is 1. The summed E-state index contributed by atoms with van der Waals surface area (Å²) in [6, 6.07) is 5.71. The van der Waals surface area contributed by atoms with Gasteiger partial charge in [-0.3, -0.25) is 0 Å². The van der Waals surface area contributed by atoms with Crippen LogP contribution in [0.1, 0.15) is 0 Å². The van der Waals surface area contributed by atoms with Crippen molar-refractivity contribution in [2.45, 2.75) is 0 Å². The number of aromatic nitrogens is 3. The Balaban J connectivity index is 2.48. The highest BCUT2D eigenvalue weighted by molar-refractivity contribution is 9.10. The zero-order valence-corrected chi connectivity index (χ0v) is 7.75. The van der Waals surface area contributed by atoms with E-state index in [4.69, 9.17) is 0 Å². The van der Waals surface area contributed by atoms with E-state index in [0.717, 1.165) is 16.1 Å². The summed E-state index contributed by atoms with van der Waals surface area (Å²) in [5.41, 5.74) is 0.842. The first-order valence-corrected chi connectivity index (χ1v) is 4.28. The molecule has 60 valence electrons. The molecule has 3 nitrogen and oxygen atoms in total. The Labute approximate surface area is 78.0 Å². The normalized spacial score (nSPS) is 10.1. The van der Waals surface area contributed by atoms with E-state index in [0.29, 0.717) is 0 Å². The lowest BCUT2D eigenvalue weighted by molar-refractivity contribution is 1.20. The number of pyridine rings is 1. The zero-order chi connectivity index (χ0) is 8.39. The van der Waals surface area contributed by atoms with E-state index in [1.807, 2.05) is 18.2 Å². The van der Waals surface area contributed by atoms with Crippen molar-refractivity contribution in [2.24, 2.45) is 0 Å². The molecule has 0 aliphatic rings. The van der Waals surface area contributed by atoms with Gasteiger partial charge in [0, 0.05) is 12.4 Å². The molecule has 12 heavy (non-hydrogen) atoms. The third-order valence-corrected chi connectivity index (χ3v) is 1.90. The van der Waals surface area contributed by atoms with Gasteiger partial charge in [0.15, 0.2) is 5.82 Å². The molecule has 2 aromatic rings. The van der Waals surface area contributed by atoms with Crippen molar-refractivity contribution in [3.63, 3.8) is 0 Å². The summed E-state index contributed by atoms with van der Waals surface area (Å²) in [5, 5.41) is 0. The molecular formula is C8H6BrN3. The number of nitrogens with zero attached hydrogens (tertiary/aromatic N) is 2. The molecule has 2 aromatic heterocycles. The maximum atomic E-state index is 4.24. The van der Waals surface area contributed by atoms with Crippen LogP contribution in [0.5, 0.6) is 0 Å². The number of imidazole rings is 1. The van der Waals surface area contributed by atoms with Gasteiger partial charge in [-0.05, 0) is 28.1 Å². The molecule has 0 fully saturated rings. The molecule has 0 saturated carbocycles. The van der Waals surface area contributed by atoms with E-state index in [2.05, 4.69) is 30.9 Å². The molecule has 0 atom stereocenters. The van der Waals surface area contributed by atoms with Crippen molar-refractivity contribution in [2.75, 3.05) is 0 Å². The molecule has 0 unspecified atom stereocenters. The molecule has 1 N–H and O–H groups in total. The Morgan fingerprint density at radius 2 is 2.25 bits per heavy atom. The second-order valence-electron chi connectivity index (χ2n) is 2.28. The quantitative estimate of drug-likeness (QED) is 0.754. The van der Waals surface area contributed by atoms with Gasteiger partial charge in [-0.25, -0.2) is 9.97 Å². The van der Waals surface area contributed by atoms with Crippen LogP contribution in [0.15, 0.2) is 35.2 Å². The molecule has 0 bridgehead atoms. The first kappa shape index (κ1) is 7.49. The van der Waals surface area contributed by atoms with E-state index >= 15 is 0 Å². The highest BCUT2D eigenvalue weighted by Crippen LogP contribution is 2.14. The minimum atomic E-state index is 0.788. The predicted octanol–water partition coefficient (Wildman–Crippen LogP) is 2.23. The Morgan fingerprint density at radius 3 is 2.92 bits per heavy atom. The van der Waals surface area contributed by atoms with Gasteiger partial charge in [0.25, 0.3) is 0 Å². The molecular weight excluding hydrogens is 218 g/mol. The zero-order valence-electron chi connectivity index (χ0n) is 6.16. The molecule has 0 amide bonds. The third kappa shape index (κ3) is 1.38. The van der Waals surface area contributed by atoms with Crippen molar-refractivity contribution >= 4 is 15.9 Å². The topological polar surface area (TPSA) is 41.6 Å². The summed E-state index contributed by atoms with van der Waals surface area (Å²) in [5.74, 6) is 0.788. The average Bonchev–Trinajstić information content (AvgIpc) is 2.56. The van der Waals surface area contributed by atoms with E-state index in [-0.39, 0.29) is 0 Å². The Kier molecular flexibility index (Phi) is 1.91. The van der Waals surface area contributed by atoms with Crippen LogP contribution < -0.4 is 0 Å². The summed E-state index contributed by atoms with van der Waals surface area (Å²) in [4.78, 5) is 11.3. The van der Waals surface area contributed by atoms with Gasteiger partial charge in [0.1, 0.15) is 10.3 Å². The first-order valence-electron chi connectivity index (χ1n) is 3.48. The smallest absolute Gasteiger partial charge is 0.156 e. The largest absolute Gasteiger partial charge is 0.343 e. The molecule has 0 radical (unpaired) electrons. The van der Waals surface area contributed by atoms with E-state index < -0.39 is 0 Å². The number of hydrogen-bond acceptors (Lipinski definition) is 2. The maximum Gasteiger partial charge on any atom is 0.156 e. The van der Waals surface area contributed by atoms with E-state index in [1.165, 1.54) is 0 Å². The number of aromatic amines is 1. The highest BCUT2D eigenvalue weighted by Gasteiger charge is 1.99. The summed E-state index contributed by atoms with van der Waals surface area (Å²) in [7, 11) is 0. The molecule has 2 heterocycles. The molecule has 2 rings (SSSR count). The van der Waals surface area contributed by atoms with Gasteiger partial charge in [-0.1, -0.05) is 6.07 Å². The van der Waals surface area contributed by atoms with Crippen molar-refractivity contribution in [3.05, 3.63) is 35.2 Å². The highest BCUT2D eigenvalue weighted by atomic mass is 79.9. The number of hydrogen-bond donors (Lipinski definition) is 1. The summed E-state index contributed by atoms with van der Waals surface area (Å²) in [6.45, 7) is 0. The lowest BCUT2D eigenvalue weighted by atomic mass is 10.3. The molecule has 0 aromatic carbocycles. The fourth-order valence-corrected chi connectivity index (χ4v) is 1.29. The van der Waals surface area contributed by atoms with Gasteiger partial charge >= 0.3 is 0 Å². The van der Waals surface area contributed by atoms with Crippen LogP contribution in [0.4, 0.5) is 0 Å². The SMILES string of the molecule is Brc1cccc(-c2ncc[nH]2)n1. The summed E-state index contributed by atoms with van der Waals surface area (Å²) >= 11 is 3.29. The van der Waals surface area contributed by atoms with Crippen LogP contribution in [0.25, 0.3) is 11.5 Å². The van der Waals surface area contributed by atoms with Crippen molar-refractivity contribution < 1.29 is 0 Å².